The standard InChI is InChI=1S/C12H16N2O/c1-4-5-11(14-13)10-8-9(2)6-7-12(10)15-3/h1,6-8,11,14H,5,13H2,2-3H3. The fourth-order valence-corrected chi connectivity index (χ4v) is 1.50. The van der Waals surface area contributed by atoms with Crippen LogP contribution in [0.2, 0.25) is 0 Å². The molecule has 3 nitrogen and oxygen atoms in total. The largest absolute Gasteiger partial charge is 0.496 e. The van der Waals surface area contributed by atoms with Gasteiger partial charge >= 0.3 is 0 Å². The summed E-state index contributed by atoms with van der Waals surface area (Å²) >= 11 is 0. The third kappa shape index (κ3) is 2.72. The van der Waals surface area contributed by atoms with Crippen molar-refractivity contribution in [2.45, 2.75) is 19.4 Å². The number of hydrogen-bond donors (Lipinski definition) is 2. The SMILES string of the molecule is C#CCC(NN)c1cc(C)ccc1OC. The van der Waals surface area contributed by atoms with Gasteiger partial charge in [-0.25, -0.2) is 0 Å². The maximum atomic E-state index is 5.46. The van der Waals surface area contributed by atoms with Crippen molar-refractivity contribution in [1.29, 1.82) is 0 Å². The number of benzene rings is 1. The van der Waals surface area contributed by atoms with E-state index in [2.05, 4.69) is 11.3 Å². The molecule has 0 aliphatic carbocycles. The second-order valence-electron chi connectivity index (χ2n) is 3.37. The monoisotopic (exact) mass is 204 g/mol. The van der Waals surface area contributed by atoms with Gasteiger partial charge in [-0.15, -0.1) is 12.3 Å². The molecule has 0 fully saturated rings. The van der Waals surface area contributed by atoms with Crippen LogP contribution in [0.25, 0.3) is 0 Å². The van der Waals surface area contributed by atoms with Crippen LogP contribution in [0, 0.1) is 19.3 Å². The lowest BCUT2D eigenvalue weighted by atomic mass is 10.0. The lowest BCUT2D eigenvalue weighted by Crippen LogP contribution is -2.28. The van der Waals surface area contributed by atoms with Crippen molar-refractivity contribution in [2.75, 3.05) is 7.11 Å². The zero-order valence-electron chi connectivity index (χ0n) is 9.08. The van der Waals surface area contributed by atoms with Crippen LogP contribution in [0.15, 0.2) is 18.2 Å². The number of hydrogen-bond acceptors (Lipinski definition) is 3. The first-order valence-corrected chi connectivity index (χ1v) is 4.77. The molecule has 0 saturated heterocycles. The van der Waals surface area contributed by atoms with Gasteiger partial charge in [-0.1, -0.05) is 17.7 Å². The molecule has 1 unspecified atom stereocenters. The number of nitrogens with one attached hydrogen (secondary N) is 1. The van der Waals surface area contributed by atoms with Crippen LogP contribution in [0.3, 0.4) is 0 Å². The van der Waals surface area contributed by atoms with Gasteiger partial charge in [-0.05, 0) is 13.0 Å². The number of terminal acetylenes is 1. The highest BCUT2D eigenvalue weighted by atomic mass is 16.5. The van der Waals surface area contributed by atoms with E-state index in [1.807, 2.05) is 25.1 Å². The minimum Gasteiger partial charge on any atom is -0.496 e. The van der Waals surface area contributed by atoms with Crippen molar-refractivity contribution in [3.05, 3.63) is 29.3 Å². The third-order valence-corrected chi connectivity index (χ3v) is 2.28. The van der Waals surface area contributed by atoms with Crippen molar-refractivity contribution in [3.63, 3.8) is 0 Å². The first kappa shape index (κ1) is 11.6. The first-order valence-electron chi connectivity index (χ1n) is 4.77. The molecule has 80 valence electrons. The van der Waals surface area contributed by atoms with Gasteiger partial charge in [0.2, 0.25) is 0 Å². The minimum atomic E-state index is -0.0650. The van der Waals surface area contributed by atoms with E-state index in [4.69, 9.17) is 17.0 Å². The Morgan fingerprint density at radius 2 is 2.33 bits per heavy atom. The van der Waals surface area contributed by atoms with Crippen LogP contribution in [0.5, 0.6) is 5.75 Å². The summed E-state index contributed by atoms with van der Waals surface area (Å²) in [5.74, 6) is 8.86. The van der Waals surface area contributed by atoms with E-state index < -0.39 is 0 Å². The van der Waals surface area contributed by atoms with E-state index in [9.17, 15) is 0 Å². The molecule has 15 heavy (non-hydrogen) atoms. The summed E-state index contributed by atoms with van der Waals surface area (Å²) in [6.07, 6.45) is 5.82. The molecule has 0 bridgehead atoms. The highest BCUT2D eigenvalue weighted by molar-refractivity contribution is 5.39. The molecule has 0 aliphatic rings. The lowest BCUT2D eigenvalue weighted by Gasteiger charge is -2.17. The highest BCUT2D eigenvalue weighted by Crippen LogP contribution is 2.27. The predicted molar refractivity (Wildman–Crippen MR) is 61.2 cm³/mol. The van der Waals surface area contributed by atoms with Gasteiger partial charge < -0.3 is 4.74 Å². The molecule has 0 amide bonds. The van der Waals surface area contributed by atoms with E-state index in [0.717, 1.165) is 16.9 Å². The molecule has 0 aliphatic heterocycles. The van der Waals surface area contributed by atoms with Gasteiger partial charge in [0.25, 0.3) is 0 Å². The Bertz CT molecular complexity index is 368. The number of hydrazine groups is 1. The quantitative estimate of drug-likeness (QED) is 0.444. The summed E-state index contributed by atoms with van der Waals surface area (Å²) in [5, 5.41) is 0. The molecule has 1 aromatic rings. The van der Waals surface area contributed by atoms with E-state index >= 15 is 0 Å². The third-order valence-electron chi connectivity index (χ3n) is 2.28. The number of rotatable bonds is 4. The van der Waals surface area contributed by atoms with Gasteiger partial charge in [-0.2, -0.15) is 0 Å². The fourth-order valence-electron chi connectivity index (χ4n) is 1.50. The van der Waals surface area contributed by atoms with E-state index in [-0.39, 0.29) is 6.04 Å². The Labute approximate surface area is 90.6 Å². The average molecular weight is 204 g/mol. The molecule has 0 radical (unpaired) electrons. The van der Waals surface area contributed by atoms with Crippen molar-refractivity contribution in [2.24, 2.45) is 5.84 Å². The summed E-state index contributed by atoms with van der Waals surface area (Å²) < 4.78 is 5.27. The Morgan fingerprint density at radius 1 is 1.60 bits per heavy atom. The fraction of sp³-hybridized carbons (Fsp3) is 0.333. The van der Waals surface area contributed by atoms with Crippen molar-refractivity contribution < 1.29 is 4.74 Å². The van der Waals surface area contributed by atoms with Gasteiger partial charge in [0, 0.05) is 12.0 Å². The number of nitrogens with two attached hydrogens (primary N) is 1. The summed E-state index contributed by atoms with van der Waals surface area (Å²) in [6.45, 7) is 2.02. The van der Waals surface area contributed by atoms with Crippen LogP contribution >= 0.6 is 0 Å². The molecule has 1 aromatic carbocycles. The highest BCUT2D eigenvalue weighted by Gasteiger charge is 2.13. The minimum absolute atomic E-state index is 0.0650. The molecule has 1 rings (SSSR count). The Kier molecular flexibility index (Phi) is 4.17. The predicted octanol–water partition coefficient (Wildman–Crippen LogP) is 1.53. The molecular formula is C12H16N2O. The normalized spacial score (nSPS) is 11.9. The average Bonchev–Trinajstić information content (AvgIpc) is 2.26. The maximum Gasteiger partial charge on any atom is 0.123 e. The molecule has 1 atom stereocenters. The van der Waals surface area contributed by atoms with Crippen LogP contribution in [-0.4, -0.2) is 7.11 Å². The molecule has 3 heteroatoms. The van der Waals surface area contributed by atoms with Crippen molar-refractivity contribution in [3.8, 4) is 18.1 Å². The molecule has 0 saturated carbocycles. The van der Waals surface area contributed by atoms with E-state index in [1.165, 1.54) is 0 Å². The zero-order valence-corrected chi connectivity index (χ0v) is 9.08. The maximum absolute atomic E-state index is 5.46. The van der Waals surface area contributed by atoms with Crippen molar-refractivity contribution >= 4 is 0 Å². The van der Waals surface area contributed by atoms with Gasteiger partial charge in [0.15, 0.2) is 0 Å². The van der Waals surface area contributed by atoms with Gasteiger partial charge in [0.05, 0.1) is 13.2 Å². The van der Waals surface area contributed by atoms with E-state index in [0.29, 0.717) is 6.42 Å². The number of methoxy groups -OCH3 is 1. The van der Waals surface area contributed by atoms with Gasteiger partial charge in [-0.3, -0.25) is 11.3 Å². The van der Waals surface area contributed by atoms with Gasteiger partial charge in [0.1, 0.15) is 5.75 Å². The summed E-state index contributed by atoms with van der Waals surface area (Å²) in [6, 6.07) is 5.88. The smallest absolute Gasteiger partial charge is 0.123 e. The van der Waals surface area contributed by atoms with Crippen LogP contribution in [0.1, 0.15) is 23.6 Å². The Morgan fingerprint density at radius 3 is 2.87 bits per heavy atom. The molecule has 0 heterocycles. The molecule has 3 N–H and O–H groups in total. The summed E-state index contributed by atoms with van der Waals surface area (Å²) in [4.78, 5) is 0. The molecule has 0 aromatic heterocycles. The Balaban J connectivity index is 3.09. The van der Waals surface area contributed by atoms with E-state index in [1.54, 1.807) is 7.11 Å². The number of aryl methyl sites for hydroxylation is 1. The zero-order chi connectivity index (χ0) is 11.3. The summed E-state index contributed by atoms with van der Waals surface area (Å²) in [7, 11) is 1.64. The first-order chi connectivity index (χ1) is 7.22. The van der Waals surface area contributed by atoms with Crippen LogP contribution in [0.4, 0.5) is 0 Å². The second-order valence-corrected chi connectivity index (χ2v) is 3.37. The molecular weight excluding hydrogens is 188 g/mol. The topological polar surface area (TPSA) is 47.3 Å². The van der Waals surface area contributed by atoms with Crippen LogP contribution in [-0.2, 0) is 0 Å². The lowest BCUT2D eigenvalue weighted by molar-refractivity contribution is 0.400. The number of ether oxygens (including phenoxy) is 1. The Hall–Kier alpha value is -1.50. The van der Waals surface area contributed by atoms with Crippen LogP contribution < -0.4 is 16.0 Å². The second kappa shape index (κ2) is 5.40. The molecule has 0 spiro atoms. The summed E-state index contributed by atoms with van der Waals surface area (Å²) in [5.41, 5.74) is 4.85. The van der Waals surface area contributed by atoms with Crippen molar-refractivity contribution in [1.82, 2.24) is 5.43 Å².